The second-order valence-corrected chi connectivity index (χ2v) is 9.28. The lowest BCUT2D eigenvalue weighted by molar-refractivity contribution is 0.322. The normalized spacial score (nSPS) is 13.7. The molecule has 0 unspecified atom stereocenters. The van der Waals surface area contributed by atoms with E-state index in [2.05, 4.69) is 19.8 Å². The van der Waals surface area contributed by atoms with Crippen molar-refractivity contribution in [1.82, 2.24) is 10.2 Å². The molecule has 1 N–H and O–H groups in total. The highest BCUT2D eigenvalue weighted by molar-refractivity contribution is 7.92. The summed E-state index contributed by atoms with van der Waals surface area (Å²) in [6.45, 7) is 6.42. The standard InChI is InChI=1S/C24H28N4O4S/c1-3-31-20-10-12-22(32-4-2)23(17-20)33(29,30)27-19-9-7-8-18(16-19)21-11-13-24(26-25-21)28-14-5-6-15-28/h7-13,16-17,27H,3-6,14-15H2,1-2H3. The molecule has 1 aromatic heterocycles. The number of anilines is 2. The monoisotopic (exact) mass is 468 g/mol. The number of aromatic nitrogens is 2. The van der Waals surface area contributed by atoms with Gasteiger partial charge >= 0.3 is 0 Å². The van der Waals surface area contributed by atoms with Crippen molar-refractivity contribution in [3.63, 3.8) is 0 Å². The van der Waals surface area contributed by atoms with Crippen LogP contribution < -0.4 is 19.1 Å². The molecule has 0 spiro atoms. The highest BCUT2D eigenvalue weighted by atomic mass is 32.2. The zero-order chi connectivity index (χ0) is 23.3. The van der Waals surface area contributed by atoms with E-state index >= 15 is 0 Å². The number of benzene rings is 2. The van der Waals surface area contributed by atoms with Crippen molar-refractivity contribution in [2.24, 2.45) is 0 Å². The summed E-state index contributed by atoms with van der Waals surface area (Å²) in [6.07, 6.45) is 2.34. The minimum Gasteiger partial charge on any atom is -0.494 e. The van der Waals surface area contributed by atoms with Crippen LogP contribution in [0.25, 0.3) is 11.3 Å². The Balaban J connectivity index is 1.58. The van der Waals surface area contributed by atoms with E-state index in [9.17, 15) is 8.42 Å². The van der Waals surface area contributed by atoms with Crippen molar-refractivity contribution in [2.75, 3.05) is 35.9 Å². The van der Waals surface area contributed by atoms with E-state index in [1.54, 1.807) is 37.3 Å². The second kappa shape index (κ2) is 10.1. The van der Waals surface area contributed by atoms with Crippen LogP contribution in [0.1, 0.15) is 26.7 Å². The van der Waals surface area contributed by atoms with E-state index in [4.69, 9.17) is 9.47 Å². The predicted molar refractivity (Wildman–Crippen MR) is 129 cm³/mol. The number of nitrogens with zero attached hydrogens (tertiary/aromatic N) is 3. The molecule has 1 aliphatic rings. The molecule has 2 aromatic carbocycles. The molecule has 1 fully saturated rings. The van der Waals surface area contributed by atoms with E-state index in [0.29, 0.717) is 30.3 Å². The van der Waals surface area contributed by atoms with E-state index in [-0.39, 0.29) is 10.6 Å². The topological polar surface area (TPSA) is 93.6 Å². The zero-order valence-electron chi connectivity index (χ0n) is 18.8. The third-order valence-corrected chi connectivity index (χ3v) is 6.71. The summed E-state index contributed by atoms with van der Waals surface area (Å²) < 4.78 is 40.1. The molecule has 0 radical (unpaired) electrons. The minimum absolute atomic E-state index is 0.0236. The van der Waals surface area contributed by atoms with Crippen LogP contribution in [-0.2, 0) is 10.0 Å². The Bertz CT molecular complexity index is 1190. The van der Waals surface area contributed by atoms with E-state index in [0.717, 1.165) is 24.5 Å². The van der Waals surface area contributed by atoms with Crippen LogP contribution >= 0.6 is 0 Å². The van der Waals surface area contributed by atoms with Gasteiger partial charge in [0.15, 0.2) is 5.82 Å². The van der Waals surface area contributed by atoms with Crippen LogP contribution in [0.4, 0.5) is 11.5 Å². The number of ether oxygens (including phenoxy) is 2. The van der Waals surface area contributed by atoms with Gasteiger partial charge in [0.2, 0.25) is 0 Å². The summed E-state index contributed by atoms with van der Waals surface area (Å²) in [5.74, 6) is 1.60. The lowest BCUT2D eigenvalue weighted by Gasteiger charge is -2.16. The van der Waals surface area contributed by atoms with Gasteiger partial charge in [-0.3, -0.25) is 4.72 Å². The quantitative estimate of drug-likeness (QED) is 0.499. The van der Waals surface area contributed by atoms with Crippen LogP contribution in [0.15, 0.2) is 59.5 Å². The Labute approximate surface area is 194 Å². The molecule has 8 nitrogen and oxygen atoms in total. The Kier molecular flexibility index (Phi) is 6.98. The van der Waals surface area contributed by atoms with Gasteiger partial charge in [0.25, 0.3) is 10.0 Å². The highest BCUT2D eigenvalue weighted by Crippen LogP contribution is 2.31. The molecular weight excluding hydrogens is 440 g/mol. The fourth-order valence-electron chi connectivity index (χ4n) is 3.78. The molecule has 0 saturated carbocycles. The summed E-state index contributed by atoms with van der Waals surface area (Å²) in [5.41, 5.74) is 1.86. The van der Waals surface area contributed by atoms with E-state index in [1.165, 1.54) is 18.9 Å². The Morgan fingerprint density at radius 3 is 2.42 bits per heavy atom. The van der Waals surface area contributed by atoms with Crippen molar-refractivity contribution >= 4 is 21.5 Å². The smallest absolute Gasteiger partial charge is 0.265 e. The third kappa shape index (κ3) is 5.36. The lowest BCUT2D eigenvalue weighted by Crippen LogP contribution is -2.19. The van der Waals surface area contributed by atoms with Gasteiger partial charge in [-0.15, -0.1) is 10.2 Å². The largest absolute Gasteiger partial charge is 0.494 e. The number of hydrogen-bond acceptors (Lipinski definition) is 7. The molecule has 1 saturated heterocycles. The molecule has 0 bridgehead atoms. The molecule has 1 aliphatic heterocycles. The fraction of sp³-hybridized carbons (Fsp3) is 0.333. The summed E-state index contributed by atoms with van der Waals surface area (Å²) in [4.78, 5) is 2.24. The van der Waals surface area contributed by atoms with Gasteiger partial charge in [0.05, 0.1) is 18.9 Å². The summed E-state index contributed by atoms with van der Waals surface area (Å²) in [7, 11) is -3.92. The van der Waals surface area contributed by atoms with Crippen molar-refractivity contribution < 1.29 is 17.9 Å². The maximum absolute atomic E-state index is 13.2. The van der Waals surface area contributed by atoms with Crippen LogP contribution in [0.3, 0.4) is 0 Å². The van der Waals surface area contributed by atoms with Gasteiger partial charge in [-0.25, -0.2) is 8.42 Å². The first-order valence-corrected chi connectivity index (χ1v) is 12.6. The Morgan fingerprint density at radius 1 is 0.939 bits per heavy atom. The van der Waals surface area contributed by atoms with Crippen molar-refractivity contribution in [1.29, 1.82) is 0 Å². The number of sulfonamides is 1. The van der Waals surface area contributed by atoms with Gasteiger partial charge < -0.3 is 14.4 Å². The van der Waals surface area contributed by atoms with Gasteiger partial charge in [0.1, 0.15) is 16.4 Å². The molecule has 0 aliphatic carbocycles. The van der Waals surface area contributed by atoms with Crippen LogP contribution in [-0.4, -0.2) is 44.9 Å². The molecular formula is C24H28N4O4S. The number of hydrogen-bond donors (Lipinski definition) is 1. The fourth-order valence-corrected chi connectivity index (χ4v) is 4.99. The first-order valence-electron chi connectivity index (χ1n) is 11.1. The van der Waals surface area contributed by atoms with Crippen molar-refractivity contribution in [2.45, 2.75) is 31.6 Å². The van der Waals surface area contributed by atoms with Gasteiger partial charge in [-0.05, 0) is 63.1 Å². The molecule has 3 aromatic rings. The van der Waals surface area contributed by atoms with Crippen molar-refractivity contribution in [3.05, 3.63) is 54.6 Å². The van der Waals surface area contributed by atoms with Gasteiger partial charge in [-0.1, -0.05) is 12.1 Å². The average Bonchev–Trinajstić information content (AvgIpc) is 3.35. The molecule has 2 heterocycles. The van der Waals surface area contributed by atoms with Gasteiger partial charge in [0, 0.05) is 30.4 Å². The number of nitrogens with one attached hydrogen (secondary N) is 1. The maximum atomic E-state index is 13.2. The minimum atomic E-state index is -3.92. The highest BCUT2D eigenvalue weighted by Gasteiger charge is 2.22. The van der Waals surface area contributed by atoms with Crippen LogP contribution in [0.5, 0.6) is 11.5 Å². The molecule has 4 rings (SSSR count). The van der Waals surface area contributed by atoms with Crippen LogP contribution in [0, 0.1) is 0 Å². The molecule has 33 heavy (non-hydrogen) atoms. The average molecular weight is 469 g/mol. The van der Waals surface area contributed by atoms with E-state index in [1.807, 2.05) is 25.1 Å². The number of rotatable bonds is 9. The van der Waals surface area contributed by atoms with Crippen LogP contribution in [0.2, 0.25) is 0 Å². The maximum Gasteiger partial charge on any atom is 0.265 e. The Hall–Kier alpha value is -3.33. The molecule has 0 amide bonds. The molecule has 0 atom stereocenters. The molecule has 174 valence electrons. The lowest BCUT2D eigenvalue weighted by atomic mass is 10.1. The van der Waals surface area contributed by atoms with Crippen molar-refractivity contribution in [3.8, 4) is 22.8 Å². The third-order valence-electron chi connectivity index (χ3n) is 5.31. The first-order chi connectivity index (χ1) is 16.0. The summed E-state index contributed by atoms with van der Waals surface area (Å²) >= 11 is 0. The molecule has 9 heteroatoms. The summed E-state index contributed by atoms with van der Waals surface area (Å²) in [5, 5.41) is 8.71. The summed E-state index contributed by atoms with van der Waals surface area (Å²) in [6, 6.07) is 15.7. The van der Waals surface area contributed by atoms with E-state index < -0.39 is 10.0 Å². The zero-order valence-corrected chi connectivity index (χ0v) is 19.6. The Morgan fingerprint density at radius 2 is 1.73 bits per heavy atom. The first kappa shape index (κ1) is 22.8. The predicted octanol–water partition coefficient (Wildman–Crippen LogP) is 4.34. The SMILES string of the molecule is CCOc1ccc(OCC)c(S(=O)(=O)Nc2cccc(-c3ccc(N4CCCC4)nn3)c2)c1. The van der Waals surface area contributed by atoms with Gasteiger partial charge in [-0.2, -0.15) is 0 Å². The second-order valence-electron chi connectivity index (χ2n) is 7.63.